The SMILES string of the molecule is CCOC(=O)C1CCN(c2c(N3CCN(c4ccccc4OC)CC3)c(=O)c2=O)CC1. The van der Waals surface area contributed by atoms with Gasteiger partial charge in [-0.1, -0.05) is 12.1 Å². The van der Waals surface area contributed by atoms with Crippen molar-refractivity contribution < 1.29 is 14.3 Å². The molecule has 0 N–H and O–H groups in total. The Bertz CT molecular complexity index is 997. The number of para-hydroxylation sites is 2. The molecule has 0 saturated carbocycles. The van der Waals surface area contributed by atoms with Crippen LogP contribution in [0.4, 0.5) is 17.1 Å². The monoisotopic (exact) mass is 427 g/mol. The number of rotatable bonds is 6. The fraction of sp³-hybridized carbons (Fsp3) is 0.522. The molecule has 31 heavy (non-hydrogen) atoms. The predicted octanol–water partition coefficient (Wildman–Crippen LogP) is 1.40. The molecule has 8 heteroatoms. The summed E-state index contributed by atoms with van der Waals surface area (Å²) in [6.45, 7) is 6.15. The number of carbonyl (C=O) groups excluding carboxylic acids is 1. The van der Waals surface area contributed by atoms with Crippen LogP contribution in [0.15, 0.2) is 33.9 Å². The molecular formula is C23H29N3O5. The Labute approximate surface area is 181 Å². The molecular weight excluding hydrogens is 398 g/mol. The van der Waals surface area contributed by atoms with E-state index in [1.807, 2.05) is 34.1 Å². The van der Waals surface area contributed by atoms with Crippen LogP contribution in [0.3, 0.4) is 0 Å². The molecule has 2 heterocycles. The van der Waals surface area contributed by atoms with Crippen LogP contribution in [-0.4, -0.2) is 59.0 Å². The molecule has 0 radical (unpaired) electrons. The molecule has 0 aromatic heterocycles. The number of piperidine rings is 1. The molecule has 0 atom stereocenters. The number of piperazine rings is 1. The smallest absolute Gasteiger partial charge is 0.309 e. The summed E-state index contributed by atoms with van der Waals surface area (Å²) in [5, 5.41) is 0. The maximum atomic E-state index is 12.4. The summed E-state index contributed by atoms with van der Waals surface area (Å²) in [5.74, 6) is 0.533. The lowest BCUT2D eigenvalue weighted by atomic mass is 9.95. The van der Waals surface area contributed by atoms with E-state index in [-0.39, 0.29) is 11.9 Å². The highest BCUT2D eigenvalue weighted by atomic mass is 16.5. The van der Waals surface area contributed by atoms with Gasteiger partial charge in [-0.3, -0.25) is 14.4 Å². The van der Waals surface area contributed by atoms with Gasteiger partial charge in [-0.2, -0.15) is 0 Å². The predicted molar refractivity (Wildman–Crippen MR) is 120 cm³/mol. The van der Waals surface area contributed by atoms with Gasteiger partial charge in [0.15, 0.2) is 0 Å². The van der Waals surface area contributed by atoms with Crippen LogP contribution in [0.5, 0.6) is 5.75 Å². The first kappa shape index (κ1) is 21.2. The number of methoxy groups -OCH3 is 1. The van der Waals surface area contributed by atoms with Crippen LogP contribution >= 0.6 is 0 Å². The highest BCUT2D eigenvalue weighted by Gasteiger charge is 2.35. The minimum atomic E-state index is -0.406. The van der Waals surface area contributed by atoms with Gasteiger partial charge >= 0.3 is 5.97 Å². The molecule has 2 saturated heterocycles. The van der Waals surface area contributed by atoms with E-state index >= 15 is 0 Å². The second kappa shape index (κ2) is 8.99. The van der Waals surface area contributed by atoms with Gasteiger partial charge in [0.1, 0.15) is 17.1 Å². The zero-order valence-electron chi connectivity index (χ0n) is 18.1. The number of hydrogen-bond acceptors (Lipinski definition) is 8. The van der Waals surface area contributed by atoms with E-state index in [2.05, 4.69) is 4.90 Å². The van der Waals surface area contributed by atoms with E-state index in [0.29, 0.717) is 57.0 Å². The molecule has 0 spiro atoms. The largest absolute Gasteiger partial charge is 0.495 e. The summed E-state index contributed by atoms with van der Waals surface area (Å²) in [6.07, 6.45) is 1.28. The number of carbonyl (C=O) groups is 1. The van der Waals surface area contributed by atoms with Crippen LogP contribution in [0.1, 0.15) is 19.8 Å². The standard InChI is InChI=1S/C23H29N3O5/c1-3-31-23(29)16-8-10-25(11-9-16)19-20(22(28)21(19)27)26-14-12-24(13-15-26)17-6-4-5-7-18(17)30-2/h4-7,16H,3,8-15H2,1-2H3. The van der Waals surface area contributed by atoms with Gasteiger partial charge in [-0.05, 0) is 31.9 Å². The first-order valence-corrected chi connectivity index (χ1v) is 10.9. The molecule has 2 fully saturated rings. The number of hydrogen-bond donors (Lipinski definition) is 0. The third kappa shape index (κ3) is 3.98. The molecule has 2 aliphatic rings. The van der Waals surface area contributed by atoms with Crippen molar-refractivity contribution in [2.24, 2.45) is 5.92 Å². The zero-order chi connectivity index (χ0) is 22.0. The van der Waals surface area contributed by atoms with Crippen molar-refractivity contribution in [3.05, 3.63) is 44.7 Å². The van der Waals surface area contributed by atoms with Crippen LogP contribution in [0, 0.1) is 5.92 Å². The number of ether oxygens (including phenoxy) is 2. The second-order valence-electron chi connectivity index (χ2n) is 8.01. The summed E-state index contributed by atoms with van der Waals surface area (Å²) in [7, 11) is 1.66. The van der Waals surface area contributed by atoms with Crippen LogP contribution in [0.2, 0.25) is 0 Å². The van der Waals surface area contributed by atoms with Crippen molar-refractivity contribution in [2.45, 2.75) is 19.8 Å². The van der Waals surface area contributed by atoms with E-state index in [4.69, 9.17) is 9.47 Å². The maximum absolute atomic E-state index is 12.4. The van der Waals surface area contributed by atoms with Gasteiger partial charge in [-0.25, -0.2) is 0 Å². The van der Waals surface area contributed by atoms with Crippen molar-refractivity contribution >= 4 is 23.0 Å². The van der Waals surface area contributed by atoms with Crippen molar-refractivity contribution in [3.63, 3.8) is 0 Å². The Balaban J connectivity index is 1.42. The Morgan fingerprint density at radius 2 is 1.45 bits per heavy atom. The summed E-state index contributed by atoms with van der Waals surface area (Å²) in [5.41, 5.74) is 1.30. The van der Waals surface area contributed by atoms with Crippen LogP contribution < -0.4 is 30.3 Å². The molecule has 0 unspecified atom stereocenters. The van der Waals surface area contributed by atoms with Crippen LogP contribution in [-0.2, 0) is 9.53 Å². The van der Waals surface area contributed by atoms with Gasteiger partial charge in [0.25, 0.3) is 10.9 Å². The highest BCUT2D eigenvalue weighted by molar-refractivity contribution is 5.78. The van der Waals surface area contributed by atoms with Crippen molar-refractivity contribution in [1.82, 2.24) is 0 Å². The quantitative estimate of drug-likeness (QED) is 0.506. The summed E-state index contributed by atoms with van der Waals surface area (Å²) in [6, 6.07) is 7.90. The number of anilines is 3. The zero-order valence-corrected chi connectivity index (χ0v) is 18.1. The van der Waals surface area contributed by atoms with Crippen molar-refractivity contribution in [1.29, 1.82) is 0 Å². The van der Waals surface area contributed by atoms with Gasteiger partial charge in [0.2, 0.25) is 0 Å². The highest BCUT2D eigenvalue weighted by Crippen LogP contribution is 2.32. The third-order valence-corrected chi connectivity index (χ3v) is 6.31. The van der Waals surface area contributed by atoms with E-state index < -0.39 is 10.9 Å². The third-order valence-electron chi connectivity index (χ3n) is 6.31. The molecule has 8 nitrogen and oxygen atoms in total. The fourth-order valence-corrected chi connectivity index (χ4v) is 4.62. The van der Waals surface area contributed by atoms with E-state index in [1.165, 1.54) is 0 Å². The molecule has 2 aromatic rings. The number of benzene rings is 1. The maximum Gasteiger partial charge on any atom is 0.309 e. The minimum absolute atomic E-state index is 0.129. The fourth-order valence-electron chi connectivity index (χ4n) is 4.62. The summed E-state index contributed by atoms with van der Waals surface area (Å²) >= 11 is 0. The Morgan fingerprint density at radius 3 is 2.03 bits per heavy atom. The molecule has 2 aliphatic heterocycles. The van der Waals surface area contributed by atoms with Crippen LogP contribution in [0.25, 0.3) is 0 Å². The molecule has 0 bridgehead atoms. The topological polar surface area (TPSA) is 79.4 Å². The Kier molecular flexibility index (Phi) is 6.15. The average molecular weight is 428 g/mol. The summed E-state index contributed by atoms with van der Waals surface area (Å²) < 4.78 is 10.6. The van der Waals surface area contributed by atoms with Gasteiger partial charge in [-0.15, -0.1) is 0 Å². The van der Waals surface area contributed by atoms with Gasteiger partial charge in [0.05, 0.1) is 25.3 Å². The molecule has 2 aromatic carbocycles. The summed E-state index contributed by atoms with van der Waals surface area (Å²) in [4.78, 5) is 43.1. The Morgan fingerprint density at radius 1 is 0.903 bits per heavy atom. The van der Waals surface area contributed by atoms with Crippen molar-refractivity contribution in [2.75, 3.05) is 67.7 Å². The van der Waals surface area contributed by atoms with Gasteiger partial charge in [0, 0.05) is 39.3 Å². The molecule has 4 rings (SSSR count). The van der Waals surface area contributed by atoms with E-state index in [0.717, 1.165) is 24.5 Å². The molecule has 166 valence electrons. The second-order valence-corrected chi connectivity index (χ2v) is 8.01. The molecule has 0 amide bonds. The lowest BCUT2D eigenvalue weighted by Crippen LogP contribution is -2.53. The lowest BCUT2D eigenvalue weighted by Gasteiger charge is -2.41. The van der Waals surface area contributed by atoms with E-state index in [9.17, 15) is 14.4 Å². The van der Waals surface area contributed by atoms with Gasteiger partial charge < -0.3 is 24.2 Å². The number of nitrogens with zero attached hydrogens (tertiary/aromatic N) is 3. The average Bonchev–Trinajstić information content (AvgIpc) is 2.82. The first-order chi connectivity index (χ1) is 15.0. The Hall–Kier alpha value is -3.03. The lowest BCUT2D eigenvalue weighted by molar-refractivity contribution is -0.148. The number of esters is 1. The van der Waals surface area contributed by atoms with E-state index in [1.54, 1.807) is 14.0 Å². The minimum Gasteiger partial charge on any atom is -0.495 e. The first-order valence-electron chi connectivity index (χ1n) is 10.9. The molecule has 0 aliphatic carbocycles. The van der Waals surface area contributed by atoms with Crippen molar-refractivity contribution in [3.8, 4) is 5.75 Å². The normalized spacial score (nSPS) is 17.8.